The molecule has 7 nitrogen and oxygen atoms in total. The van der Waals surface area contributed by atoms with Crippen molar-refractivity contribution in [2.75, 3.05) is 13.7 Å². The van der Waals surface area contributed by atoms with Crippen molar-refractivity contribution in [3.05, 3.63) is 0 Å². The summed E-state index contributed by atoms with van der Waals surface area (Å²) in [5.74, 6) is -0.649. The van der Waals surface area contributed by atoms with Gasteiger partial charge in [0.1, 0.15) is 17.9 Å². The van der Waals surface area contributed by atoms with Gasteiger partial charge in [-0.15, -0.1) is 0 Å². The molecule has 1 amide bonds. The molecule has 1 aliphatic rings. The number of hydrogen-bond donors (Lipinski definition) is 3. The van der Waals surface area contributed by atoms with Gasteiger partial charge in [-0.25, -0.2) is 9.59 Å². The zero-order valence-electron chi connectivity index (χ0n) is 12.4. The van der Waals surface area contributed by atoms with Crippen LogP contribution in [0, 0.1) is 5.92 Å². The Hall–Kier alpha value is -1.34. The van der Waals surface area contributed by atoms with E-state index in [9.17, 15) is 14.7 Å². The first-order valence-corrected chi connectivity index (χ1v) is 6.71. The van der Waals surface area contributed by atoms with Gasteiger partial charge < -0.3 is 19.9 Å². The first kappa shape index (κ1) is 16.7. The molecule has 0 aliphatic carbocycles. The lowest BCUT2D eigenvalue weighted by molar-refractivity contribution is -0.143. The zero-order chi connectivity index (χ0) is 15.3. The summed E-state index contributed by atoms with van der Waals surface area (Å²) in [6.45, 7) is 5.91. The van der Waals surface area contributed by atoms with Crippen LogP contribution in [-0.2, 0) is 14.3 Å². The van der Waals surface area contributed by atoms with Gasteiger partial charge in [0.2, 0.25) is 0 Å². The molecule has 0 aromatic heterocycles. The van der Waals surface area contributed by atoms with E-state index in [2.05, 4.69) is 15.4 Å². The fourth-order valence-corrected chi connectivity index (χ4v) is 2.10. The topological polar surface area (TPSA) is 96.9 Å². The van der Waals surface area contributed by atoms with Crippen LogP contribution < -0.4 is 10.6 Å². The Kier molecular flexibility index (Phi) is 5.76. The maximum Gasteiger partial charge on any atom is 0.408 e. The third-order valence-electron chi connectivity index (χ3n) is 3.03. The molecule has 1 aliphatic heterocycles. The van der Waals surface area contributed by atoms with E-state index < -0.39 is 29.9 Å². The largest absolute Gasteiger partial charge is 0.467 e. The maximum atomic E-state index is 11.7. The number of methoxy groups -OCH3 is 1. The van der Waals surface area contributed by atoms with Crippen LogP contribution in [0.1, 0.15) is 33.6 Å². The summed E-state index contributed by atoms with van der Waals surface area (Å²) in [4.78, 5) is 23.4. The van der Waals surface area contributed by atoms with E-state index in [1.54, 1.807) is 20.8 Å². The van der Waals surface area contributed by atoms with Gasteiger partial charge in [0.25, 0.3) is 0 Å². The Morgan fingerprint density at radius 2 is 2.10 bits per heavy atom. The fourth-order valence-electron chi connectivity index (χ4n) is 2.10. The highest BCUT2D eigenvalue weighted by molar-refractivity contribution is 5.81. The lowest BCUT2D eigenvalue weighted by Gasteiger charge is -2.24. The SMILES string of the molecule is COC(=O)[C@H](C[C@@H]1CCNC1O)NC(=O)OC(C)(C)C. The number of carbonyl (C=O) groups is 2. The monoisotopic (exact) mass is 288 g/mol. The average Bonchev–Trinajstić information content (AvgIpc) is 2.70. The lowest BCUT2D eigenvalue weighted by Crippen LogP contribution is -2.46. The van der Waals surface area contributed by atoms with Gasteiger partial charge in [0, 0.05) is 5.92 Å². The molecule has 0 saturated carbocycles. The van der Waals surface area contributed by atoms with E-state index in [0.717, 1.165) is 6.42 Å². The van der Waals surface area contributed by atoms with Gasteiger partial charge in [0.15, 0.2) is 0 Å². The molecule has 1 rings (SSSR count). The average molecular weight is 288 g/mol. The van der Waals surface area contributed by atoms with Crippen LogP contribution in [0.5, 0.6) is 0 Å². The summed E-state index contributed by atoms with van der Waals surface area (Å²) in [5.41, 5.74) is -0.640. The molecule has 0 bridgehead atoms. The molecule has 0 spiro atoms. The van der Waals surface area contributed by atoms with Crippen LogP contribution in [0.25, 0.3) is 0 Å². The van der Waals surface area contributed by atoms with E-state index in [-0.39, 0.29) is 5.92 Å². The molecule has 1 unspecified atom stereocenters. The molecule has 1 heterocycles. The molecule has 1 saturated heterocycles. The summed E-state index contributed by atoms with van der Waals surface area (Å²) in [5, 5.41) is 15.1. The van der Waals surface area contributed by atoms with E-state index >= 15 is 0 Å². The van der Waals surface area contributed by atoms with Gasteiger partial charge >= 0.3 is 12.1 Å². The second kappa shape index (κ2) is 6.90. The van der Waals surface area contributed by atoms with Crippen LogP contribution in [0.4, 0.5) is 4.79 Å². The number of carbonyl (C=O) groups excluding carboxylic acids is 2. The molecule has 116 valence electrons. The Bertz CT molecular complexity index is 353. The second-order valence-electron chi connectivity index (χ2n) is 5.91. The van der Waals surface area contributed by atoms with Crippen molar-refractivity contribution in [3.63, 3.8) is 0 Å². The predicted molar refractivity (Wildman–Crippen MR) is 71.9 cm³/mol. The van der Waals surface area contributed by atoms with Crippen LogP contribution in [0.3, 0.4) is 0 Å². The Balaban J connectivity index is 2.60. The van der Waals surface area contributed by atoms with Crippen molar-refractivity contribution in [2.45, 2.75) is 51.5 Å². The summed E-state index contributed by atoms with van der Waals surface area (Å²) in [6, 6.07) is -0.825. The van der Waals surface area contributed by atoms with Gasteiger partial charge in [0.05, 0.1) is 7.11 Å². The number of hydrogen-bond acceptors (Lipinski definition) is 6. The number of rotatable bonds is 4. The summed E-state index contributed by atoms with van der Waals surface area (Å²) in [6.07, 6.45) is -0.291. The van der Waals surface area contributed by atoms with E-state index in [1.165, 1.54) is 7.11 Å². The first-order valence-electron chi connectivity index (χ1n) is 6.71. The number of alkyl carbamates (subject to hydrolysis) is 1. The molecule has 7 heteroatoms. The first-order chi connectivity index (χ1) is 9.23. The minimum absolute atomic E-state index is 0.103. The van der Waals surface area contributed by atoms with Crippen molar-refractivity contribution in [3.8, 4) is 0 Å². The van der Waals surface area contributed by atoms with E-state index in [4.69, 9.17) is 4.74 Å². The fraction of sp³-hybridized carbons (Fsp3) is 0.846. The highest BCUT2D eigenvalue weighted by Gasteiger charge is 2.32. The molecule has 3 N–H and O–H groups in total. The minimum atomic E-state index is -0.825. The Morgan fingerprint density at radius 1 is 1.45 bits per heavy atom. The van der Waals surface area contributed by atoms with Crippen molar-refractivity contribution in [1.82, 2.24) is 10.6 Å². The maximum absolute atomic E-state index is 11.7. The minimum Gasteiger partial charge on any atom is -0.467 e. The highest BCUT2D eigenvalue weighted by atomic mass is 16.6. The van der Waals surface area contributed by atoms with Gasteiger partial charge in [-0.1, -0.05) is 0 Å². The third kappa shape index (κ3) is 5.34. The second-order valence-corrected chi connectivity index (χ2v) is 5.91. The van der Waals surface area contributed by atoms with Gasteiger partial charge in [-0.3, -0.25) is 5.32 Å². The zero-order valence-corrected chi connectivity index (χ0v) is 12.4. The summed E-state index contributed by atoms with van der Waals surface area (Å²) < 4.78 is 9.80. The molecule has 0 radical (unpaired) electrons. The summed E-state index contributed by atoms with van der Waals surface area (Å²) in [7, 11) is 1.26. The Labute approximate surface area is 119 Å². The number of aliphatic hydroxyl groups excluding tert-OH is 1. The molecular weight excluding hydrogens is 264 g/mol. The standard InChI is InChI=1S/C13H24N2O5/c1-13(2,3)20-12(18)15-9(11(17)19-4)7-8-5-6-14-10(8)16/h8-10,14,16H,5-7H2,1-4H3,(H,15,18)/t8-,9-,10?/m0/s1. The van der Waals surface area contributed by atoms with Crippen molar-refractivity contribution in [1.29, 1.82) is 0 Å². The molecule has 20 heavy (non-hydrogen) atoms. The van der Waals surface area contributed by atoms with Crippen molar-refractivity contribution in [2.24, 2.45) is 5.92 Å². The predicted octanol–water partition coefficient (Wildman–Crippen LogP) is 0.371. The van der Waals surface area contributed by atoms with Crippen molar-refractivity contribution >= 4 is 12.1 Å². The van der Waals surface area contributed by atoms with Crippen LogP contribution in [0.2, 0.25) is 0 Å². The number of ether oxygens (including phenoxy) is 2. The molecule has 0 aromatic rings. The smallest absolute Gasteiger partial charge is 0.408 e. The normalized spacial score (nSPS) is 24.1. The van der Waals surface area contributed by atoms with Gasteiger partial charge in [-0.05, 0) is 40.2 Å². The number of nitrogens with one attached hydrogen (secondary N) is 2. The van der Waals surface area contributed by atoms with Crippen LogP contribution in [0.15, 0.2) is 0 Å². The molecule has 1 fully saturated rings. The molecule has 3 atom stereocenters. The van der Waals surface area contributed by atoms with E-state index in [0.29, 0.717) is 13.0 Å². The quantitative estimate of drug-likeness (QED) is 0.647. The number of esters is 1. The van der Waals surface area contributed by atoms with Crippen LogP contribution >= 0.6 is 0 Å². The third-order valence-corrected chi connectivity index (χ3v) is 3.03. The molecular formula is C13H24N2O5. The van der Waals surface area contributed by atoms with Crippen molar-refractivity contribution < 1.29 is 24.2 Å². The Morgan fingerprint density at radius 3 is 2.55 bits per heavy atom. The highest BCUT2D eigenvalue weighted by Crippen LogP contribution is 2.20. The number of aliphatic hydroxyl groups is 1. The molecule has 0 aromatic carbocycles. The number of amides is 1. The van der Waals surface area contributed by atoms with Gasteiger partial charge in [-0.2, -0.15) is 0 Å². The van der Waals surface area contributed by atoms with Crippen LogP contribution in [-0.4, -0.2) is 48.7 Å². The lowest BCUT2D eigenvalue weighted by atomic mass is 9.98. The summed E-state index contributed by atoms with van der Waals surface area (Å²) >= 11 is 0. The van der Waals surface area contributed by atoms with E-state index in [1.807, 2.05) is 0 Å².